The van der Waals surface area contributed by atoms with Crippen molar-refractivity contribution in [2.45, 2.75) is 37.4 Å². The van der Waals surface area contributed by atoms with Gasteiger partial charge in [-0.05, 0) is 56.2 Å². The first kappa shape index (κ1) is 22.1. The third-order valence-electron chi connectivity index (χ3n) is 7.37. The molecule has 6 rings (SSSR count). The average Bonchev–Trinajstić information content (AvgIpc) is 3.44. The van der Waals surface area contributed by atoms with Gasteiger partial charge in [0.05, 0.1) is 40.5 Å². The number of aromatic nitrogens is 1. The van der Waals surface area contributed by atoms with Crippen molar-refractivity contribution in [1.29, 1.82) is 5.26 Å². The van der Waals surface area contributed by atoms with Gasteiger partial charge in [-0.25, -0.2) is 4.39 Å². The summed E-state index contributed by atoms with van der Waals surface area (Å²) < 4.78 is 21.0. The summed E-state index contributed by atoms with van der Waals surface area (Å²) in [4.78, 5) is 13.0. The zero-order valence-corrected chi connectivity index (χ0v) is 19.4. The molecule has 1 aromatic heterocycles. The van der Waals surface area contributed by atoms with E-state index in [1.165, 1.54) is 28.8 Å². The molecule has 4 aromatic rings. The van der Waals surface area contributed by atoms with Gasteiger partial charge < -0.3 is 20.3 Å². The SMILES string of the molecule is C[C@]12CCC(CC(=O)Nc3ccc(F)cc3)(O1)c1c2c(O)n(-c2ccc(C#N)c3ccccc23)c1O. The monoisotopic (exact) mass is 483 g/mol. The fourth-order valence-electron chi connectivity index (χ4n) is 5.82. The topological polar surface area (TPSA) is 108 Å². The van der Waals surface area contributed by atoms with E-state index in [4.69, 9.17) is 4.74 Å². The lowest BCUT2D eigenvalue weighted by Crippen LogP contribution is -2.29. The van der Waals surface area contributed by atoms with Gasteiger partial charge in [-0.3, -0.25) is 9.36 Å². The van der Waals surface area contributed by atoms with Crippen molar-refractivity contribution in [3.63, 3.8) is 0 Å². The van der Waals surface area contributed by atoms with E-state index < -0.39 is 17.0 Å². The van der Waals surface area contributed by atoms with Crippen LogP contribution in [-0.2, 0) is 20.7 Å². The lowest BCUT2D eigenvalue weighted by Gasteiger charge is -2.25. The first-order valence-electron chi connectivity index (χ1n) is 11.6. The summed E-state index contributed by atoms with van der Waals surface area (Å²) in [5.41, 5.74) is 0.320. The standard InChI is InChI=1S/C28H22FN3O4/c1-27-12-13-28(36-27,14-22(33)31-18-9-7-17(29)8-10-18)24-23(27)25(34)32(26(24)35)21-11-6-16(15-30)19-4-2-3-5-20(19)21/h2-11,34-35H,12-14H2,1H3,(H,31,33)/t27-,28?/m1/s1. The zero-order valence-electron chi connectivity index (χ0n) is 19.4. The summed E-state index contributed by atoms with van der Waals surface area (Å²) in [5, 5.41) is 36.5. The van der Waals surface area contributed by atoms with E-state index in [1.54, 1.807) is 12.1 Å². The van der Waals surface area contributed by atoms with Crippen LogP contribution in [0.5, 0.6) is 11.8 Å². The number of ether oxygens (including phenoxy) is 1. The molecule has 0 radical (unpaired) electrons. The van der Waals surface area contributed by atoms with Crippen molar-refractivity contribution >= 4 is 22.4 Å². The van der Waals surface area contributed by atoms with Crippen LogP contribution in [-0.4, -0.2) is 20.7 Å². The molecule has 3 heterocycles. The number of halogens is 1. The predicted molar refractivity (Wildman–Crippen MR) is 130 cm³/mol. The van der Waals surface area contributed by atoms with Gasteiger partial charge in [-0.2, -0.15) is 5.26 Å². The van der Waals surface area contributed by atoms with Crippen LogP contribution >= 0.6 is 0 Å². The van der Waals surface area contributed by atoms with Crippen molar-refractivity contribution in [1.82, 2.24) is 4.57 Å². The van der Waals surface area contributed by atoms with Crippen LogP contribution in [0.2, 0.25) is 0 Å². The molecule has 180 valence electrons. The maximum Gasteiger partial charge on any atom is 0.227 e. The van der Waals surface area contributed by atoms with Crippen LogP contribution in [0.3, 0.4) is 0 Å². The maximum absolute atomic E-state index is 13.2. The molecule has 1 unspecified atom stereocenters. The van der Waals surface area contributed by atoms with Gasteiger partial charge in [0.15, 0.2) is 0 Å². The third-order valence-corrected chi connectivity index (χ3v) is 7.37. The summed E-state index contributed by atoms with van der Waals surface area (Å²) in [7, 11) is 0. The van der Waals surface area contributed by atoms with E-state index in [1.807, 2.05) is 31.2 Å². The number of nitriles is 1. The van der Waals surface area contributed by atoms with Crippen LogP contribution in [0.15, 0.2) is 60.7 Å². The molecule has 36 heavy (non-hydrogen) atoms. The number of carbonyl (C=O) groups is 1. The molecule has 0 aliphatic carbocycles. The van der Waals surface area contributed by atoms with E-state index in [0.717, 1.165) is 0 Å². The minimum atomic E-state index is -1.12. The molecular weight excluding hydrogens is 461 g/mol. The minimum Gasteiger partial charge on any atom is -0.494 e. The van der Waals surface area contributed by atoms with Crippen molar-refractivity contribution in [3.05, 3.63) is 83.2 Å². The van der Waals surface area contributed by atoms with Gasteiger partial charge in [-0.15, -0.1) is 0 Å². The number of anilines is 1. The number of carbonyl (C=O) groups excluding carboxylic acids is 1. The molecule has 1 saturated heterocycles. The smallest absolute Gasteiger partial charge is 0.227 e. The molecule has 1 fully saturated rings. The number of aromatic hydroxyl groups is 2. The Kier molecular flexibility index (Phi) is 4.66. The second-order valence-electron chi connectivity index (χ2n) is 9.58. The summed E-state index contributed by atoms with van der Waals surface area (Å²) in [5.74, 6) is -1.11. The summed E-state index contributed by atoms with van der Waals surface area (Å²) in [6.45, 7) is 1.85. The van der Waals surface area contributed by atoms with Gasteiger partial charge in [0.25, 0.3) is 0 Å². The molecule has 8 heteroatoms. The molecule has 3 aromatic carbocycles. The van der Waals surface area contributed by atoms with Gasteiger partial charge in [0, 0.05) is 16.5 Å². The molecule has 7 nitrogen and oxygen atoms in total. The Morgan fingerprint density at radius 2 is 1.75 bits per heavy atom. The highest BCUT2D eigenvalue weighted by molar-refractivity contribution is 5.95. The second kappa shape index (κ2) is 7.57. The van der Waals surface area contributed by atoms with Crippen molar-refractivity contribution in [2.75, 3.05) is 5.32 Å². The lowest BCUT2D eigenvalue weighted by molar-refractivity contribution is -0.127. The number of nitrogens with zero attached hydrogens (tertiary/aromatic N) is 2. The number of nitrogens with one attached hydrogen (secondary N) is 1. The number of fused-ring (bicyclic) bond motifs is 6. The number of amides is 1. The molecule has 1 amide bonds. The molecule has 2 atom stereocenters. The largest absolute Gasteiger partial charge is 0.494 e. The first-order chi connectivity index (χ1) is 17.3. The number of benzene rings is 3. The zero-order chi connectivity index (χ0) is 25.2. The van der Waals surface area contributed by atoms with Crippen molar-refractivity contribution < 1.29 is 24.1 Å². The molecule has 2 bridgehead atoms. The van der Waals surface area contributed by atoms with Crippen LogP contribution in [0.4, 0.5) is 10.1 Å². The highest BCUT2D eigenvalue weighted by Crippen LogP contribution is 2.65. The summed E-state index contributed by atoms with van der Waals surface area (Å²) in [6.07, 6.45) is 0.964. The van der Waals surface area contributed by atoms with E-state index in [0.29, 0.717) is 51.7 Å². The van der Waals surface area contributed by atoms with E-state index >= 15 is 0 Å². The van der Waals surface area contributed by atoms with Crippen LogP contribution in [0, 0.1) is 17.1 Å². The summed E-state index contributed by atoms with van der Waals surface area (Å²) >= 11 is 0. The maximum atomic E-state index is 13.2. The Morgan fingerprint density at radius 1 is 1.06 bits per heavy atom. The Morgan fingerprint density at radius 3 is 2.47 bits per heavy atom. The third kappa shape index (κ3) is 3.03. The highest BCUT2D eigenvalue weighted by atomic mass is 19.1. The lowest BCUT2D eigenvalue weighted by atomic mass is 9.77. The van der Waals surface area contributed by atoms with Crippen molar-refractivity contribution in [2.24, 2.45) is 0 Å². The van der Waals surface area contributed by atoms with Gasteiger partial charge in [0.1, 0.15) is 11.4 Å². The molecule has 3 N–H and O–H groups in total. The highest BCUT2D eigenvalue weighted by Gasteiger charge is 2.62. The quantitative estimate of drug-likeness (QED) is 0.364. The molecule has 0 spiro atoms. The second-order valence-corrected chi connectivity index (χ2v) is 9.58. The fraction of sp³-hybridized carbons (Fsp3) is 0.214. The molecule has 2 aliphatic rings. The van der Waals surface area contributed by atoms with Gasteiger partial charge in [0.2, 0.25) is 17.7 Å². The normalized spacial score (nSPS) is 21.9. The van der Waals surface area contributed by atoms with Crippen LogP contribution in [0.1, 0.15) is 42.9 Å². The van der Waals surface area contributed by atoms with Gasteiger partial charge in [-0.1, -0.05) is 24.3 Å². The van der Waals surface area contributed by atoms with Crippen molar-refractivity contribution in [3.8, 4) is 23.5 Å². The van der Waals surface area contributed by atoms with E-state index in [9.17, 15) is 24.7 Å². The Bertz CT molecular complexity index is 1600. The minimum absolute atomic E-state index is 0.0852. The molecular formula is C28H22FN3O4. The average molecular weight is 483 g/mol. The van der Waals surface area contributed by atoms with E-state index in [-0.39, 0.29) is 24.1 Å². The van der Waals surface area contributed by atoms with Crippen LogP contribution in [0.25, 0.3) is 16.5 Å². The molecule has 2 aliphatic heterocycles. The van der Waals surface area contributed by atoms with Gasteiger partial charge >= 0.3 is 0 Å². The summed E-state index contributed by atoms with van der Waals surface area (Å²) in [6, 6.07) is 18.3. The number of rotatable bonds is 4. The van der Waals surface area contributed by atoms with E-state index in [2.05, 4.69) is 11.4 Å². The Labute approximate surface area is 206 Å². The number of hydrogen-bond donors (Lipinski definition) is 3. The number of hydrogen-bond acceptors (Lipinski definition) is 5. The first-order valence-corrected chi connectivity index (χ1v) is 11.6. The predicted octanol–water partition coefficient (Wildman–Crippen LogP) is 5.32. The van der Waals surface area contributed by atoms with Crippen LogP contribution < -0.4 is 5.32 Å². The Hall–Kier alpha value is -4.35. The Balaban J connectivity index is 1.45. The molecule has 0 saturated carbocycles. The fourth-order valence-corrected chi connectivity index (χ4v) is 5.82.